The number of aryl methyl sites for hydroxylation is 1. The van der Waals surface area contributed by atoms with E-state index in [1.165, 1.54) is 0 Å². The van der Waals surface area contributed by atoms with Crippen LogP contribution in [-0.2, 0) is 17.9 Å². The summed E-state index contributed by atoms with van der Waals surface area (Å²) in [6.45, 7) is 2.94. The Balaban J connectivity index is 2.03. The van der Waals surface area contributed by atoms with Crippen molar-refractivity contribution < 1.29 is 4.74 Å². The number of ether oxygens (including phenoxy) is 1. The number of methoxy groups -OCH3 is 1. The van der Waals surface area contributed by atoms with Crippen LogP contribution in [-0.4, -0.2) is 18.1 Å². The van der Waals surface area contributed by atoms with Gasteiger partial charge in [0.05, 0.1) is 22.6 Å². The number of hydrogen-bond acceptors (Lipinski definition) is 4. The first-order valence-corrected chi connectivity index (χ1v) is 7.96. The first-order chi connectivity index (χ1) is 10.1. The van der Waals surface area contributed by atoms with Crippen molar-refractivity contribution in [1.82, 2.24) is 4.98 Å². The minimum atomic E-state index is 0.363. The van der Waals surface area contributed by atoms with Crippen LogP contribution >= 0.6 is 27.3 Å². The summed E-state index contributed by atoms with van der Waals surface area (Å²) in [6, 6.07) is 7.83. The topological polar surface area (TPSA) is 72.5 Å². The number of aliphatic imine (C=N–C) groups is 1. The fraction of sp³-hybridized carbons (Fsp3) is 0.286. The first kappa shape index (κ1) is 15.9. The monoisotopic (exact) mass is 368 g/mol. The minimum Gasteiger partial charge on any atom is -0.380 e. The van der Waals surface area contributed by atoms with Crippen LogP contribution in [0.25, 0.3) is 0 Å². The van der Waals surface area contributed by atoms with E-state index >= 15 is 0 Å². The van der Waals surface area contributed by atoms with Gasteiger partial charge in [-0.3, -0.25) is 0 Å². The molecule has 1 aromatic carbocycles. The Hall–Kier alpha value is -1.44. The van der Waals surface area contributed by atoms with Gasteiger partial charge >= 0.3 is 0 Å². The number of nitrogens with zero attached hydrogens (tertiary/aromatic N) is 2. The van der Waals surface area contributed by atoms with Crippen LogP contribution < -0.4 is 11.1 Å². The molecule has 7 heteroatoms. The van der Waals surface area contributed by atoms with Crippen molar-refractivity contribution >= 4 is 38.9 Å². The number of rotatable bonds is 5. The Morgan fingerprint density at radius 1 is 1.48 bits per heavy atom. The molecule has 0 aliphatic heterocycles. The molecule has 1 heterocycles. The quantitative estimate of drug-likeness (QED) is 0.627. The Labute approximate surface area is 136 Å². The highest BCUT2D eigenvalue weighted by Crippen LogP contribution is 2.24. The maximum Gasteiger partial charge on any atom is 0.193 e. The third-order valence-electron chi connectivity index (χ3n) is 2.75. The van der Waals surface area contributed by atoms with E-state index in [0.29, 0.717) is 19.1 Å². The second-order valence-electron chi connectivity index (χ2n) is 4.38. The zero-order valence-corrected chi connectivity index (χ0v) is 14.3. The number of nitrogens with two attached hydrogens (primary N) is 1. The van der Waals surface area contributed by atoms with E-state index in [-0.39, 0.29) is 0 Å². The highest BCUT2D eigenvalue weighted by atomic mass is 79.9. The lowest BCUT2D eigenvalue weighted by Gasteiger charge is -2.10. The summed E-state index contributed by atoms with van der Waals surface area (Å²) in [5.74, 6) is 0.363. The summed E-state index contributed by atoms with van der Waals surface area (Å²) in [4.78, 5) is 8.71. The highest BCUT2D eigenvalue weighted by Gasteiger charge is 2.05. The molecular weight excluding hydrogens is 352 g/mol. The lowest BCUT2D eigenvalue weighted by atomic mass is 10.2. The fourth-order valence-corrected chi connectivity index (χ4v) is 3.11. The number of halogens is 1. The van der Waals surface area contributed by atoms with Gasteiger partial charge in [-0.1, -0.05) is 18.2 Å². The largest absolute Gasteiger partial charge is 0.380 e. The van der Waals surface area contributed by atoms with Gasteiger partial charge in [0, 0.05) is 18.4 Å². The predicted molar refractivity (Wildman–Crippen MR) is 90.7 cm³/mol. The average Bonchev–Trinajstić information content (AvgIpc) is 2.78. The summed E-state index contributed by atoms with van der Waals surface area (Å²) in [6.07, 6.45) is 0. The molecule has 5 nitrogen and oxygen atoms in total. The van der Waals surface area contributed by atoms with E-state index in [4.69, 9.17) is 10.5 Å². The summed E-state index contributed by atoms with van der Waals surface area (Å²) < 4.78 is 6.19. The number of nitrogens with one attached hydrogen (secondary N) is 1. The molecule has 0 spiro atoms. The van der Waals surface area contributed by atoms with Gasteiger partial charge in [0.1, 0.15) is 5.01 Å². The molecule has 2 aromatic rings. The molecular formula is C14H17BrN4OS. The summed E-state index contributed by atoms with van der Waals surface area (Å²) in [5.41, 5.74) is 8.83. The van der Waals surface area contributed by atoms with Crippen LogP contribution in [0.1, 0.15) is 16.3 Å². The Morgan fingerprint density at radius 2 is 2.24 bits per heavy atom. The minimum absolute atomic E-state index is 0.363. The van der Waals surface area contributed by atoms with Crippen LogP contribution in [0.5, 0.6) is 0 Å². The molecule has 0 aliphatic rings. The molecule has 2 rings (SSSR count). The number of thiazole rings is 1. The van der Waals surface area contributed by atoms with Crippen LogP contribution in [0.15, 0.2) is 33.0 Å². The molecule has 0 unspecified atom stereocenters. The van der Waals surface area contributed by atoms with E-state index in [9.17, 15) is 0 Å². The molecule has 0 saturated carbocycles. The summed E-state index contributed by atoms with van der Waals surface area (Å²) in [7, 11) is 1.66. The maximum atomic E-state index is 5.93. The van der Waals surface area contributed by atoms with Crippen LogP contribution in [0.2, 0.25) is 0 Å². The van der Waals surface area contributed by atoms with Crippen molar-refractivity contribution in [3.63, 3.8) is 0 Å². The van der Waals surface area contributed by atoms with Crippen LogP contribution in [0.3, 0.4) is 0 Å². The molecule has 112 valence electrons. The van der Waals surface area contributed by atoms with Gasteiger partial charge in [0.25, 0.3) is 0 Å². The average molecular weight is 369 g/mol. The number of anilines is 1. The van der Waals surface area contributed by atoms with Gasteiger partial charge < -0.3 is 15.8 Å². The normalized spacial score (nSPS) is 11.7. The Kier molecular flexibility index (Phi) is 5.72. The zero-order valence-electron chi connectivity index (χ0n) is 11.9. The standard InChI is InChI=1S/C14H17BrN4OS/c1-9-13(15)21-12(18-9)7-17-14(16)19-11-6-4-3-5-10(11)8-20-2/h3-6H,7-8H2,1-2H3,(H3,16,17,19). The lowest BCUT2D eigenvalue weighted by Crippen LogP contribution is -2.23. The predicted octanol–water partition coefficient (Wildman–Crippen LogP) is 3.29. The molecule has 0 bridgehead atoms. The Morgan fingerprint density at radius 3 is 2.90 bits per heavy atom. The molecule has 3 N–H and O–H groups in total. The van der Waals surface area contributed by atoms with E-state index in [2.05, 4.69) is 31.2 Å². The molecule has 0 aliphatic carbocycles. The number of hydrogen-bond donors (Lipinski definition) is 2. The van der Waals surface area contributed by atoms with Gasteiger partial charge in [-0.2, -0.15) is 0 Å². The maximum absolute atomic E-state index is 5.93. The molecule has 0 atom stereocenters. The van der Waals surface area contributed by atoms with Gasteiger partial charge in [-0.05, 0) is 28.9 Å². The number of guanidine groups is 1. The molecule has 0 radical (unpaired) electrons. The SMILES string of the molecule is COCc1ccccc1NC(N)=NCc1nc(C)c(Br)s1. The van der Waals surface area contributed by atoms with Gasteiger partial charge in [0.2, 0.25) is 0 Å². The fourth-order valence-electron chi connectivity index (χ4n) is 1.75. The van der Waals surface area contributed by atoms with Crippen molar-refractivity contribution in [2.45, 2.75) is 20.1 Å². The molecule has 0 fully saturated rings. The van der Waals surface area contributed by atoms with Crippen molar-refractivity contribution in [2.75, 3.05) is 12.4 Å². The molecule has 0 saturated heterocycles. The van der Waals surface area contributed by atoms with E-state index < -0.39 is 0 Å². The summed E-state index contributed by atoms with van der Waals surface area (Å²) in [5, 5.41) is 4.03. The molecule has 21 heavy (non-hydrogen) atoms. The third-order valence-corrected chi connectivity index (χ3v) is 4.74. The van der Waals surface area contributed by atoms with Gasteiger partial charge in [-0.15, -0.1) is 11.3 Å². The summed E-state index contributed by atoms with van der Waals surface area (Å²) >= 11 is 5.02. The van der Waals surface area contributed by atoms with Gasteiger partial charge in [-0.25, -0.2) is 9.98 Å². The zero-order chi connectivity index (χ0) is 15.2. The highest BCUT2D eigenvalue weighted by molar-refractivity contribution is 9.11. The van der Waals surface area contributed by atoms with Crippen LogP contribution in [0, 0.1) is 6.92 Å². The molecule has 0 amide bonds. The molecule has 1 aromatic heterocycles. The number of para-hydroxylation sites is 1. The van der Waals surface area contributed by atoms with Crippen molar-refractivity contribution in [2.24, 2.45) is 10.7 Å². The third kappa shape index (κ3) is 4.52. The first-order valence-electron chi connectivity index (χ1n) is 6.35. The van der Waals surface area contributed by atoms with E-state index in [1.807, 2.05) is 31.2 Å². The van der Waals surface area contributed by atoms with E-state index in [0.717, 1.165) is 25.7 Å². The number of aromatic nitrogens is 1. The van der Waals surface area contributed by atoms with Crippen molar-refractivity contribution in [1.29, 1.82) is 0 Å². The second kappa shape index (κ2) is 7.53. The second-order valence-corrected chi connectivity index (χ2v) is 6.78. The van der Waals surface area contributed by atoms with Crippen LogP contribution in [0.4, 0.5) is 5.69 Å². The Bertz CT molecular complexity index is 622. The smallest absolute Gasteiger partial charge is 0.193 e. The lowest BCUT2D eigenvalue weighted by molar-refractivity contribution is 0.185. The number of benzene rings is 1. The van der Waals surface area contributed by atoms with Crippen molar-refractivity contribution in [3.05, 3.63) is 44.3 Å². The van der Waals surface area contributed by atoms with Crippen molar-refractivity contribution in [3.8, 4) is 0 Å². The van der Waals surface area contributed by atoms with E-state index in [1.54, 1.807) is 18.4 Å². The van der Waals surface area contributed by atoms with Gasteiger partial charge in [0.15, 0.2) is 5.96 Å².